The highest BCUT2D eigenvalue weighted by Gasteiger charge is 2.48. The number of hydrogen-bond acceptors (Lipinski definition) is 3. The lowest BCUT2D eigenvalue weighted by molar-refractivity contribution is -0.211. The number of benzene rings is 1. The van der Waals surface area contributed by atoms with Gasteiger partial charge in [-0.15, -0.1) is 0 Å². The minimum absolute atomic E-state index is 0.0390. The third-order valence-corrected chi connectivity index (χ3v) is 1.80. The third kappa shape index (κ3) is 3.97. The van der Waals surface area contributed by atoms with Gasteiger partial charge in [0.1, 0.15) is 5.75 Å². The first-order valence-electron chi connectivity index (χ1n) is 4.90. The zero-order valence-corrected chi connectivity index (χ0v) is 9.03. The van der Waals surface area contributed by atoms with E-state index in [0.29, 0.717) is 0 Å². The number of alkyl halides is 3. The molecule has 1 atom stereocenters. The molecule has 17 heavy (non-hydrogen) atoms. The largest absolute Gasteiger partial charge is 0.469 e. The standard InChI is InChI=1S/C11H11F3O3/c1-2-16-10(15)9(11(12,13)14)17-8-6-4-3-5-7-8/h3-7,9H,2H2,1H3. The second kappa shape index (κ2) is 5.56. The van der Waals surface area contributed by atoms with E-state index in [0.717, 1.165) is 0 Å². The Morgan fingerprint density at radius 1 is 1.29 bits per heavy atom. The Bertz CT molecular complexity index is 362. The van der Waals surface area contributed by atoms with Crippen LogP contribution in [-0.4, -0.2) is 24.9 Å². The van der Waals surface area contributed by atoms with Crippen LogP contribution in [-0.2, 0) is 9.53 Å². The van der Waals surface area contributed by atoms with Gasteiger partial charge in [0.25, 0.3) is 6.10 Å². The summed E-state index contributed by atoms with van der Waals surface area (Å²) in [7, 11) is 0. The first-order chi connectivity index (χ1) is 7.95. The maximum absolute atomic E-state index is 12.6. The maximum atomic E-state index is 12.6. The van der Waals surface area contributed by atoms with Gasteiger partial charge in [-0.3, -0.25) is 0 Å². The van der Waals surface area contributed by atoms with Crippen LogP contribution in [0.5, 0.6) is 5.75 Å². The molecule has 3 nitrogen and oxygen atoms in total. The van der Waals surface area contributed by atoms with E-state index in [1.54, 1.807) is 6.07 Å². The molecule has 0 aliphatic heterocycles. The Morgan fingerprint density at radius 3 is 2.35 bits per heavy atom. The smallest absolute Gasteiger partial charge is 0.436 e. The van der Waals surface area contributed by atoms with Gasteiger partial charge in [0.05, 0.1) is 6.61 Å². The summed E-state index contributed by atoms with van der Waals surface area (Å²) < 4.78 is 46.6. The summed E-state index contributed by atoms with van der Waals surface area (Å²) in [5, 5.41) is 0. The predicted molar refractivity (Wildman–Crippen MR) is 53.5 cm³/mol. The average molecular weight is 248 g/mol. The van der Waals surface area contributed by atoms with Crippen LogP contribution < -0.4 is 4.74 Å². The second-order valence-electron chi connectivity index (χ2n) is 3.10. The van der Waals surface area contributed by atoms with Crippen LogP contribution in [0, 0.1) is 0 Å². The summed E-state index contributed by atoms with van der Waals surface area (Å²) in [6.45, 7) is 1.29. The van der Waals surface area contributed by atoms with Crippen molar-refractivity contribution in [3.8, 4) is 5.75 Å². The van der Waals surface area contributed by atoms with Crippen molar-refractivity contribution in [2.75, 3.05) is 6.61 Å². The highest BCUT2D eigenvalue weighted by Crippen LogP contribution is 2.26. The number of esters is 1. The monoisotopic (exact) mass is 248 g/mol. The predicted octanol–water partition coefficient (Wildman–Crippen LogP) is 2.56. The lowest BCUT2D eigenvalue weighted by Crippen LogP contribution is -2.42. The molecule has 0 saturated heterocycles. The van der Waals surface area contributed by atoms with Crippen molar-refractivity contribution in [2.24, 2.45) is 0 Å². The Labute approximate surface area is 96.1 Å². The minimum atomic E-state index is -4.80. The van der Waals surface area contributed by atoms with Crippen LogP contribution in [0.3, 0.4) is 0 Å². The van der Waals surface area contributed by atoms with E-state index in [1.807, 2.05) is 0 Å². The molecular weight excluding hydrogens is 237 g/mol. The molecule has 0 spiro atoms. The van der Waals surface area contributed by atoms with Crippen molar-refractivity contribution in [1.29, 1.82) is 0 Å². The van der Waals surface area contributed by atoms with Gasteiger partial charge in [0.2, 0.25) is 0 Å². The fraction of sp³-hybridized carbons (Fsp3) is 0.364. The molecule has 6 heteroatoms. The van der Waals surface area contributed by atoms with Gasteiger partial charge in [-0.05, 0) is 19.1 Å². The van der Waals surface area contributed by atoms with Crippen molar-refractivity contribution in [1.82, 2.24) is 0 Å². The van der Waals surface area contributed by atoms with E-state index in [4.69, 9.17) is 0 Å². The fourth-order valence-corrected chi connectivity index (χ4v) is 1.10. The Balaban J connectivity index is 2.82. The number of carbonyl (C=O) groups excluding carboxylic acids is 1. The van der Waals surface area contributed by atoms with E-state index in [2.05, 4.69) is 9.47 Å². The van der Waals surface area contributed by atoms with Crippen molar-refractivity contribution >= 4 is 5.97 Å². The Hall–Kier alpha value is -1.72. The molecule has 1 aromatic rings. The molecule has 0 amide bonds. The van der Waals surface area contributed by atoms with Gasteiger partial charge in [0.15, 0.2) is 0 Å². The number of carbonyl (C=O) groups is 1. The van der Waals surface area contributed by atoms with Gasteiger partial charge in [-0.25, -0.2) is 4.79 Å². The molecule has 0 saturated carbocycles. The molecule has 0 bridgehead atoms. The molecule has 1 aromatic carbocycles. The zero-order chi connectivity index (χ0) is 12.9. The average Bonchev–Trinajstić information content (AvgIpc) is 2.26. The van der Waals surface area contributed by atoms with Crippen LogP contribution in [0.1, 0.15) is 6.92 Å². The normalized spacial score (nSPS) is 12.9. The molecule has 0 fully saturated rings. The summed E-state index contributed by atoms with van der Waals surface area (Å²) in [5.74, 6) is -1.48. The first kappa shape index (κ1) is 13.3. The van der Waals surface area contributed by atoms with E-state index in [-0.39, 0.29) is 12.4 Å². The molecule has 0 aliphatic carbocycles. The van der Waals surface area contributed by atoms with Crippen LogP contribution in [0.2, 0.25) is 0 Å². The fourth-order valence-electron chi connectivity index (χ4n) is 1.10. The molecular formula is C11H11F3O3. The van der Waals surface area contributed by atoms with Crippen molar-refractivity contribution in [2.45, 2.75) is 19.2 Å². The number of rotatable bonds is 4. The molecule has 0 aromatic heterocycles. The summed E-state index contributed by atoms with van der Waals surface area (Å²) >= 11 is 0. The van der Waals surface area contributed by atoms with Crippen LogP contribution in [0.25, 0.3) is 0 Å². The van der Waals surface area contributed by atoms with Gasteiger partial charge in [-0.2, -0.15) is 13.2 Å². The third-order valence-electron chi connectivity index (χ3n) is 1.80. The molecule has 1 unspecified atom stereocenters. The van der Waals surface area contributed by atoms with Gasteiger partial charge in [-0.1, -0.05) is 18.2 Å². The minimum Gasteiger partial charge on any atom is -0.469 e. The number of ether oxygens (including phenoxy) is 2. The van der Waals surface area contributed by atoms with Crippen LogP contribution in [0.4, 0.5) is 13.2 Å². The van der Waals surface area contributed by atoms with Crippen LogP contribution >= 0.6 is 0 Å². The number of para-hydroxylation sites is 1. The van der Waals surface area contributed by atoms with Gasteiger partial charge < -0.3 is 9.47 Å². The Morgan fingerprint density at radius 2 is 1.88 bits per heavy atom. The van der Waals surface area contributed by atoms with E-state index < -0.39 is 18.2 Å². The lowest BCUT2D eigenvalue weighted by Gasteiger charge is -2.19. The molecule has 1 rings (SSSR count). The van der Waals surface area contributed by atoms with Gasteiger partial charge in [0, 0.05) is 0 Å². The highest BCUT2D eigenvalue weighted by atomic mass is 19.4. The van der Waals surface area contributed by atoms with Crippen molar-refractivity contribution in [3.63, 3.8) is 0 Å². The zero-order valence-electron chi connectivity index (χ0n) is 9.03. The topological polar surface area (TPSA) is 35.5 Å². The number of halogens is 3. The lowest BCUT2D eigenvalue weighted by atomic mass is 10.3. The summed E-state index contributed by atoms with van der Waals surface area (Å²) in [5.41, 5.74) is 0. The van der Waals surface area contributed by atoms with Crippen LogP contribution in [0.15, 0.2) is 30.3 Å². The summed E-state index contributed by atoms with van der Waals surface area (Å²) in [6.07, 6.45) is -7.40. The molecule has 94 valence electrons. The Kier molecular flexibility index (Phi) is 4.37. The summed E-state index contributed by atoms with van der Waals surface area (Å²) in [4.78, 5) is 11.1. The molecule has 0 N–H and O–H groups in total. The highest BCUT2D eigenvalue weighted by molar-refractivity contribution is 5.76. The van der Waals surface area contributed by atoms with E-state index >= 15 is 0 Å². The molecule has 0 aliphatic rings. The maximum Gasteiger partial charge on any atom is 0.436 e. The van der Waals surface area contributed by atoms with Gasteiger partial charge >= 0.3 is 12.1 Å². The number of hydrogen-bond donors (Lipinski definition) is 0. The SMILES string of the molecule is CCOC(=O)C(Oc1ccccc1)C(F)(F)F. The molecule has 0 radical (unpaired) electrons. The van der Waals surface area contributed by atoms with E-state index in [9.17, 15) is 18.0 Å². The summed E-state index contributed by atoms with van der Waals surface area (Å²) in [6, 6.07) is 7.30. The second-order valence-corrected chi connectivity index (χ2v) is 3.10. The van der Waals surface area contributed by atoms with Crippen molar-refractivity contribution in [3.05, 3.63) is 30.3 Å². The molecule has 0 heterocycles. The van der Waals surface area contributed by atoms with E-state index in [1.165, 1.54) is 31.2 Å². The quantitative estimate of drug-likeness (QED) is 0.768. The van der Waals surface area contributed by atoms with Crippen molar-refractivity contribution < 1.29 is 27.4 Å². The first-order valence-corrected chi connectivity index (χ1v) is 4.90.